The number of aliphatic hydroxyl groups is 1. The van der Waals surface area contributed by atoms with Gasteiger partial charge >= 0.3 is 0 Å². The smallest absolute Gasteiger partial charge is 0.216 e. The van der Waals surface area contributed by atoms with Crippen LogP contribution in [0, 0.1) is 0 Å². The summed E-state index contributed by atoms with van der Waals surface area (Å²) in [4.78, 5) is 0. The van der Waals surface area contributed by atoms with E-state index in [2.05, 4.69) is 0 Å². The molecule has 1 saturated heterocycles. The lowest BCUT2D eigenvalue weighted by Gasteiger charge is -2.22. The van der Waals surface area contributed by atoms with Crippen molar-refractivity contribution in [2.45, 2.75) is 38.7 Å². The Morgan fingerprint density at radius 3 is 2.71 bits per heavy atom. The van der Waals surface area contributed by atoms with E-state index in [4.69, 9.17) is 4.74 Å². The van der Waals surface area contributed by atoms with Crippen molar-refractivity contribution < 1.29 is 18.3 Å². The summed E-state index contributed by atoms with van der Waals surface area (Å²) in [5.74, 6) is 0.0307. The van der Waals surface area contributed by atoms with Gasteiger partial charge in [-0.25, -0.2) is 12.7 Å². The zero-order valence-electron chi connectivity index (χ0n) is 10.7. The Kier molecular flexibility index (Phi) is 5.37. The van der Waals surface area contributed by atoms with Crippen molar-refractivity contribution in [2.75, 3.05) is 32.1 Å². The molecule has 17 heavy (non-hydrogen) atoms. The molecule has 1 atom stereocenters. The number of nitrogens with zero attached hydrogens (tertiary/aromatic N) is 1. The third kappa shape index (κ3) is 4.91. The molecule has 1 aliphatic rings. The van der Waals surface area contributed by atoms with Crippen molar-refractivity contribution in [1.29, 1.82) is 0 Å². The third-order valence-corrected chi connectivity index (χ3v) is 4.94. The standard InChI is InChI=1S/C11H23NO4S/c1-3-16-9-10-17(14,15)12-7-4-5-11(2,13)6-8-12/h13H,3-10H2,1-2H3. The minimum atomic E-state index is -3.23. The van der Waals surface area contributed by atoms with E-state index < -0.39 is 15.6 Å². The molecule has 0 spiro atoms. The lowest BCUT2D eigenvalue weighted by molar-refractivity contribution is 0.0465. The molecular weight excluding hydrogens is 242 g/mol. The highest BCUT2D eigenvalue weighted by Gasteiger charge is 2.30. The highest BCUT2D eigenvalue weighted by Crippen LogP contribution is 2.22. The fourth-order valence-electron chi connectivity index (χ4n) is 1.95. The maximum Gasteiger partial charge on any atom is 0.216 e. The first-order chi connectivity index (χ1) is 7.87. The van der Waals surface area contributed by atoms with Gasteiger partial charge in [-0.15, -0.1) is 0 Å². The number of sulfonamides is 1. The van der Waals surface area contributed by atoms with Gasteiger partial charge in [0.15, 0.2) is 0 Å². The van der Waals surface area contributed by atoms with E-state index in [1.54, 1.807) is 6.92 Å². The van der Waals surface area contributed by atoms with Crippen LogP contribution in [0.3, 0.4) is 0 Å². The predicted molar refractivity (Wildman–Crippen MR) is 66.3 cm³/mol. The summed E-state index contributed by atoms with van der Waals surface area (Å²) in [6, 6.07) is 0. The van der Waals surface area contributed by atoms with Crippen molar-refractivity contribution in [3.63, 3.8) is 0 Å². The first-order valence-corrected chi connectivity index (χ1v) is 7.76. The van der Waals surface area contributed by atoms with Crippen molar-refractivity contribution in [1.82, 2.24) is 4.31 Å². The summed E-state index contributed by atoms with van der Waals surface area (Å²) in [6.45, 7) is 5.29. The highest BCUT2D eigenvalue weighted by atomic mass is 32.2. The van der Waals surface area contributed by atoms with Crippen LogP contribution in [-0.2, 0) is 14.8 Å². The first-order valence-electron chi connectivity index (χ1n) is 6.15. The molecule has 0 aromatic carbocycles. The molecule has 0 amide bonds. The van der Waals surface area contributed by atoms with E-state index in [0.29, 0.717) is 39.0 Å². The largest absolute Gasteiger partial charge is 0.390 e. The molecule has 0 bridgehead atoms. The predicted octanol–water partition coefficient (Wildman–Crippen LogP) is 0.590. The molecule has 102 valence electrons. The summed E-state index contributed by atoms with van der Waals surface area (Å²) in [5, 5.41) is 9.91. The number of hydrogen-bond acceptors (Lipinski definition) is 4. The summed E-state index contributed by atoms with van der Waals surface area (Å²) in [6.07, 6.45) is 1.87. The molecule has 1 fully saturated rings. The second-order valence-electron chi connectivity index (χ2n) is 4.76. The maximum absolute atomic E-state index is 12.0. The van der Waals surface area contributed by atoms with Gasteiger partial charge in [0, 0.05) is 19.7 Å². The molecular formula is C11H23NO4S. The first kappa shape index (κ1) is 14.9. The highest BCUT2D eigenvalue weighted by molar-refractivity contribution is 7.89. The topological polar surface area (TPSA) is 66.8 Å². The van der Waals surface area contributed by atoms with Crippen molar-refractivity contribution >= 4 is 10.0 Å². The second-order valence-corrected chi connectivity index (χ2v) is 6.85. The van der Waals surface area contributed by atoms with Gasteiger partial charge in [-0.1, -0.05) is 0 Å². The minimum absolute atomic E-state index is 0.0307. The number of ether oxygens (including phenoxy) is 1. The van der Waals surface area contributed by atoms with Crippen LogP contribution in [0.15, 0.2) is 0 Å². The molecule has 0 aromatic heterocycles. The molecule has 0 saturated carbocycles. The Hall–Kier alpha value is -0.170. The Morgan fingerprint density at radius 2 is 2.06 bits per heavy atom. The van der Waals surface area contributed by atoms with Gasteiger partial charge in [0.25, 0.3) is 0 Å². The van der Waals surface area contributed by atoms with Gasteiger partial charge in [0.1, 0.15) is 0 Å². The average Bonchev–Trinajstić information content (AvgIpc) is 2.40. The van der Waals surface area contributed by atoms with Crippen LogP contribution < -0.4 is 0 Å². The molecule has 1 N–H and O–H groups in total. The van der Waals surface area contributed by atoms with Gasteiger partial charge in [-0.2, -0.15) is 0 Å². The molecule has 6 heteroatoms. The van der Waals surface area contributed by atoms with Crippen LogP contribution in [0.2, 0.25) is 0 Å². The average molecular weight is 265 g/mol. The summed E-state index contributed by atoms with van der Waals surface area (Å²) >= 11 is 0. The molecule has 1 heterocycles. The quantitative estimate of drug-likeness (QED) is 0.739. The SMILES string of the molecule is CCOCCS(=O)(=O)N1CCCC(C)(O)CC1. The van der Waals surface area contributed by atoms with E-state index >= 15 is 0 Å². The molecule has 1 rings (SSSR count). The van der Waals surface area contributed by atoms with Gasteiger partial charge in [-0.05, 0) is 33.1 Å². The fourth-order valence-corrected chi connectivity index (χ4v) is 3.32. The Morgan fingerprint density at radius 1 is 1.35 bits per heavy atom. The van der Waals surface area contributed by atoms with E-state index in [1.807, 2.05) is 6.92 Å². The lowest BCUT2D eigenvalue weighted by Crippen LogP contribution is -2.36. The minimum Gasteiger partial charge on any atom is -0.390 e. The van der Waals surface area contributed by atoms with Crippen LogP contribution in [0.25, 0.3) is 0 Å². The summed E-state index contributed by atoms with van der Waals surface area (Å²) < 4.78 is 30.5. The van der Waals surface area contributed by atoms with Crippen molar-refractivity contribution in [3.05, 3.63) is 0 Å². The molecule has 0 aromatic rings. The fraction of sp³-hybridized carbons (Fsp3) is 1.00. The summed E-state index contributed by atoms with van der Waals surface area (Å²) in [7, 11) is -3.23. The maximum atomic E-state index is 12.0. The van der Waals surface area contributed by atoms with Gasteiger partial charge in [-0.3, -0.25) is 0 Å². The van der Waals surface area contributed by atoms with Crippen molar-refractivity contribution in [2.24, 2.45) is 0 Å². The zero-order valence-corrected chi connectivity index (χ0v) is 11.5. The van der Waals surface area contributed by atoms with Crippen LogP contribution in [0.5, 0.6) is 0 Å². The van der Waals surface area contributed by atoms with Crippen LogP contribution in [-0.4, -0.2) is 55.5 Å². The Bertz CT molecular complexity index is 326. The Balaban J connectivity index is 2.54. The van der Waals surface area contributed by atoms with Gasteiger partial charge in [0.05, 0.1) is 18.0 Å². The second kappa shape index (κ2) is 6.13. The zero-order chi connectivity index (χ0) is 12.9. The van der Waals surface area contributed by atoms with E-state index in [0.717, 1.165) is 0 Å². The van der Waals surface area contributed by atoms with E-state index in [1.165, 1.54) is 4.31 Å². The van der Waals surface area contributed by atoms with Crippen LogP contribution in [0.1, 0.15) is 33.1 Å². The number of hydrogen-bond donors (Lipinski definition) is 1. The Labute approximate surface area is 104 Å². The molecule has 1 unspecified atom stereocenters. The molecule has 1 aliphatic heterocycles. The summed E-state index contributed by atoms with van der Waals surface area (Å²) in [5.41, 5.74) is -0.732. The third-order valence-electron chi connectivity index (χ3n) is 3.11. The van der Waals surface area contributed by atoms with E-state index in [9.17, 15) is 13.5 Å². The number of rotatable bonds is 5. The lowest BCUT2D eigenvalue weighted by atomic mass is 9.98. The molecule has 0 radical (unpaired) electrons. The van der Waals surface area contributed by atoms with Gasteiger partial charge in [0.2, 0.25) is 10.0 Å². The van der Waals surface area contributed by atoms with Gasteiger partial charge < -0.3 is 9.84 Å². The van der Waals surface area contributed by atoms with Crippen molar-refractivity contribution in [3.8, 4) is 0 Å². The van der Waals surface area contributed by atoms with Crippen LogP contribution in [0.4, 0.5) is 0 Å². The monoisotopic (exact) mass is 265 g/mol. The van der Waals surface area contributed by atoms with E-state index in [-0.39, 0.29) is 12.4 Å². The normalized spacial score (nSPS) is 27.9. The van der Waals surface area contributed by atoms with Crippen LogP contribution >= 0.6 is 0 Å². The molecule has 0 aliphatic carbocycles. The molecule has 5 nitrogen and oxygen atoms in total.